The molecule has 4 nitrogen and oxygen atoms in total. The summed E-state index contributed by atoms with van der Waals surface area (Å²) in [5, 5.41) is 18.8. The summed E-state index contributed by atoms with van der Waals surface area (Å²) in [6, 6.07) is 7.16. The first-order valence-electron chi connectivity index (χ1n) is 6.49. The van der Waals surface area contributed by atoms with Crippen LogP contribution in [0.15, 0.2) is 24.3 Å². The van der Waals surface area contributed by atoms with E-state index >= 15 is 0 Å². The summed E-state index contributed by atoms with van der Waals surface area (Å²) in [5.74, 6) is 0.407. The van der Waals surface area contributed by atoms with Gasteiger partial charge in [0.05, 0.1) is 6.61 Å². The van der Waals surface area contributed by atoms with Crippen LogP contribution in [0.3, 0.4) is 0 Å². The summed E-state index contributed by atoms with van der Waals surface area (Å²) < 4.78 is 0. The van der Waals surface area contributed by atoms with Crippen molar-refractivity contribution in [3.8, 4) is 5.75 Å². The summed E-state index contributed by atoms with van der Waals surface area (Å²) in [6.45, 7) is 5.34. The Hall–Kier alpha value is -1.10. The van der Waals surface area contributed by atoms with Crippen LogP contribution in [-0.4, -0.2) is 66.4 Å². The van der Waals surface area contributed by atoms with E-state index in [4.69, 9.17) is 0 Å². The Balaban J connectivity index is 1.94. The molecule has 1 fully saturated rings. The highest BCUT2D eigenvalue weighted by molar-refractivity contribution is 5.28. The molecule has 2 rings (SSSR count). The molecule has 1 aliphatic rings. The number of benzene rings is 1. The molecule has 1 atom stereocenters. The Kier molecular flexibility index (Phi) is 4.58. The highest BCUT2D eigenvalue weighted by Gasteiger charge is 2.19. The van der Waals surface area contributed by atoms with Crippen molar-refractivity contribution in [2.24, 2.45) is 0 Å². The van der Waals surface area contributed by atoms with Crippen LogP contribution in [-0.2, 0) is 0 Å². The van der Waals surface area contributed by atoms with E-state index in [1.807, 2.05) is 12.1 Å². The third kappa shape index (κ3) is 3.45. The predicted octanol–water partition coefficient (Wildman–Crippen LogP) is 0.715. The van der Waals surface area contributed by atoms with Crippen molar-refractivity contribution in [1.29, 1.82) is 0 Å². The molecule has 0 aliphatic carbocycles. The Morgan fingerprint density at radius 2 is 1.72 bits per heavy atom. The van der Waals surface area contributed by atoms with Crippen LogP contribution in [0, 0.1) is 0 Å². The lowest BCUT2D eigenvalue weighted by Crippen LogP contribution is -2.46. The normalized spacial score (nSPS) is 19.9. The van der Waals surface area contributed by atoms with Crippen molar-refractivity contribution in [2.75, 3.05) is 46.4 Å². The van der Waals surface area contributed by atoms with Gasteiger partial charge in [-0.3, -0.25) is 0 Å². The van der Waals surface area contributed by atoms with Gasteiger partial charge in [0.1, 0.15) is 5.75 Å². The highest BCUT2D eigenvalue weighted by atomic mass is 16.3. The van der Waals surface area contributed by atoms with E-state index in [0.717, 1.165) is 38.3 Å². The maximum atomic E-state index is 9.53. The van der Waals surface area contributed by atoms with Crippen molar-refractivity contribution in [3.05, 3.63) is 29.8 Å². The number of phenolic OH excluding ortho intramolecular Hbond substituents is 1. The number of phenols is 1. The maximum Gasteiger partial charge on any atom is 0.115 e. The van der Waals surface area contributed by atoms with Crippen LogP contribution in [0.5, 0.6) is 5.75 Å². The van der Waals surface area contributed by atoms with Gasteiger partial charge in [0.15, 0.2) is 0 Å². The van der Waals surface area contributed by atoms with Gasteiger partial charge in [-0.2, -0.15) is 0 Å². The monoisotopic (exact) mass is 250 g/mol. The van der Waals surface area contributed by atoms with Gasteiger partial charge in [-0.1, -0.05) is 12.1 Å². The van der Waals surface area contributed by atoms with Crippen LogP contribution in [0.25, 0.3) is 0 Å². The fraction of sp³-hybridized carbons (Fsp3) is 0.571. The lowest BCUT2D eigenvalue weighted by Gasteiger charge is -2.34. The number of piperazine rings is 1. The fourth-order valence-corrected chi connectivity index (χ4v) is 2.36. The van der Waals surface area contributed by atoms with Crippen LogP contribution in [0.1, 0.15) is 11.5 Å². The molecule has 0 saturated carbocycles. The van der Waals surface area contributed by atoms with Crippen LogP contribution < -0.4 is 0 Å². The van der Waals surface area contributed by atoms with Gasteiger partial charge < -0.3 is 20.0 Å². The van der Waals surface area contributed by atoms with Gasteiger partial charge in [0.2, 0.25) is 0 Å². The van der Waals surface area contributed by atoms with Crippen LogP contribution in [0.2, 0.25) is 0 Å². The Labute approximate surface area is 108 Å². The van der Waals surface area contributed by atoms with Crippen molar-refractivity contribution in [3.63, 3.8) is 0 Å². The molecule has 18 heavy (non-hydrogen) atoms. The van der Waals surface area contributed by atoms with Crippen LogP contribution in [0.4, 0.5) is 0 Å². The molecule has 1 aliphatic heterocycles. The minimum absolute atomic E-state index is 0.133. The second kappa shape index (κ2) is 6.18. The third-order valence-electron chi connectivity index (χ3n) is 3.66. The molecular weight excluding hydrogens is 228 g/mol. The average molecular weight is 250 g/mol. The Morgan fingerprint density at radius 3 is 2.28 bits per heavy atom. The Bertz CT molecular complexity index is 359. The maximum absolute atomic E-state index is 9.53. The molecule has 100 valence electrons. The summed E-state index contributed by atoms with van der Waals surface area (Å²) in [4.78, 5) is 4.72. The topological polar surface area (TPSA) is 46.9 Å². The number of aliphatic hydroxyl groups is 1. The molecule has 1 unspecified atom stereocenters. The highest BCUT2D eigenvalue weighted by Crippen LogP contribution is 2.20. The lowest BCUT2D eigenvalue weighted by molar-refractivity contribution is 0.133. The molecule has 0 amide bonds. The zero-order valence-corrected chi connectivity index (χ0v) is 10.9. The molecule has 0 aromatic heterocycles. The molecule has 0 bridgehead atoms. The molecule has 0 spiro atoms. The standard InChI is InChI=1S/C14H22N2O2/c1-15-6-8-16(9-7-15)10-13(11-17)12-2-4-14(18)5-3-12/h2-5,13,17-18H,6-11H2,1H3. The van der Waals surface area contributed by atoms with Gasteiger partial charge >= 0.3 is 0 Å². The molecule has 4 heteroatoms. The molecular formula is C14H22N2O2. The molecule has 2 N–H and O–H groups in total. The summed E-state index contributed by atoms with van der Waals surface area (Å²) >= 11 is 0. The van der Waals surface area contributed by atoms with Gasteiger partial charge in [-0.05, 0) is 24.7 Å². The molecule has 0 radical (unpaired) electrons. The second-order valence-corrected chi connectivity index (χ2v) is 5.07. The average Bonchev–Trinajstić information content (AvgIpc) is 2.39. The van der Waals surface area contributed by atoms with E-state index in [2.05, 4.69) is 16.8 Å². The number of likely N-dealkylation sites (N-methyl/N-ethyl adjacent to an activating group) is 1. The predicted molar refractivity (Wildman–Crippen MR) is 71.9 cm³/mol. The van der Waals surface area contributed by atoms with E-state index in [1.54, 1.807) is 12.1 Å². The quantitative estimate of drug-likeness (QED) is 0.826. The minimum atomic E-state index is 0.133. The SMILES string of the molecule is CN1CCN(CC(CO)c2ccc(O)cc2)CC1. The van der Waals surface area contributed by atoms with E-state index in [9.17, 15) is 10.2 Å². The number of hydrogen-bond acceptors (Lipinski definition) is 4. The fourth-order valence-electron chi connectivity index (χ4n) is 2.36. The number of rotatable bonds is 4. The minimum Gasteiger partial charge on any atom is -0.508 e. The molecule has 1 aromatic rings. The number of aromatic hydroxyl groups is 1. The molecule has 1 heterocycles. The Morgan fingerprint density at radius 1 is 1.11 bits per heavy atom. The number of aliphatic hydroxyl groups excluding tert-OH is 1. The lowest BCUT2D eigenvalue weighted by atomic mass is 9.99. The summed E-state index contributed by atoms with van der Waals surface area (Å²) in [6.07, 6.45) is 0. The summed E-state index contributed by atoms with van der Waals surface area (Å²) in [5.41, 5.74) is 1.09. The van der Waals surface area contributed by atoms with Crippen LogP contribution >= 0.6 is 0 Å². The molecule has 1 aromatic carbocycles. The van der Waals surface area contributed by atoms with Crippen molar-refractivity contribution in [1.82, 2.24) is 9.80 Å². The largest absolute Gasteiger partial charge is 0.508 e. The smallest absolute Gasteiger partial charge is 0.115 e. The second-order valence-electron chi connectivity index (χ2n) is 5.07. The first kappa shape index (κ1) is 13.3. The molecule has 1 saturated heterocycles. The van der Waals surface area contributed by atoms with Crippen molar-refractivity contribution < 1.29 is 10.2 Å². The zero-order valence-electron chi connectivity index (χ0n) is 10.9. The first-order chi connectivity index (χ1) is 8.69. The van der Waals surface area contributed by atoms with Crippen molar-refractivity contribution in [2.45, 2.75) is 5.92 Å². The van der Waals surface area contributed by atoms with Crippen molar-refractivity contribution >= 4 is 0 Å². The number of hydrogen-bond donors (Lipinski definition) is 2. The van der Waals surface area contributed by atoms with E-state index < -0.39 is 0 Å². The zero-order chi connectivity index (χ0) is 13.0. The van der Waals surface area contributed by atoms with E-state index in [-0.39, 0.29) is 18.3 Å². The summed E-state index contributed by atoms with van der Waals surface area (Å²) in [7, 11) is 2.14. The van der Waals surface area contributed by atoms with E-state index in [1.165, 1.54) is 0 Å². The van der Waals surface area contributed by atoms with E-state index in [0.29, 0.717) is 0 Å². The van der Waals surface area contributed by atoms with Gasteiger partial charge in [0, 0.05) is 38.6 Å². The third-order valence-corrected chi connectivity index (χ3v) is 3.66. The van der Waals surface area contributed by atoms with Gasteiger partial charge in [-0.25, -0.2) is 0 Å². The van der Waals surface area contributed by atoms with Gasteiger partial charge in [0.25, 0.3) is 0 Å². The van der Waals surface area contributed by atoms with Gasteiger partial charge in [-0.15, -0.1) is 0 Å². The first-order valence-corrected chi connectivity index (χ1v) is 6.49. The number of nitrogens with zero attached hydrogens (tertiary/aromatic N) is 2.